The zero-order valence-electron chi connectivity index (χ0n) is 25.1. The van der Waals surface area contributed by atoms with E-state index < -0.39 is 28.9 Å². The second-order valence-corrected chi connectivity index (χ2v) is 11.4. The van der Waals surface area contributed by atoms with Gasteiger partial charge in [-0.25, -0.2) is 0 Å². The van der Waals surface area contributed by atoms with Gasteiger partial charge in [0.15, 0.2) is 0 Å². The van der Waals surface area contributed by atoms with E-state index in [-0.39, 0.29) is 11.1 Å². The number of pyridine rings is 4. The van der Waals surface area contributed by atoms with Crippen LogP contribution in [0.2, 0.25) is 0 Å². The van der Waals surface area contributed by atoms with Crippen molar-refractivity contribution in [2.24, 2.45) is 0 Å². The molecule has 0 unspecified atom stereocenters. The van der Waals surface area contributed by atoms with Gasteiger partial charge in [-0.3, -0.25) is 19.9 Å². The molecule has 0 spiro atoms. The summed E-state index contributed by atoms with van der Waals surface area (Å²) in [5.41, 5.74) is 1.61. The van der Waals surface area contributed by atoms with E-state index in [4.69, 9.17) is 9.97 Å². The van der Waals surface area contributed by atoms with E-state index in [0.717, 1.165) is 24.3 Å². The molecule has 0 saturated carbocycles. The second kappa shape index (κ2) is 12.1. The van der Waals surface area contributed by atoms with Crippen molar-refractivity contribution in [1.29, 1.82) is 0 Å². The number of hydrogen-bond donors (Lipinski definition) is 0. The van der Waals surface area contributed by atoms with E-state index in [9.17, 15) is 26.3 Å². The van der Waals surface area contributed by atoms with Crippen LogP contribution >= 0.6 is 0 Å². The maximum absolute atomic E-state index is 13.7. The van der Waals surface area contributed by atoms with Crippen molar-refractivity contribution in [2.75, 3.05) is 0 Å². The van der Waals surface area contributed by atoms with Gasteiger partial charge in [-0.2, -0.15) is 26.3 Å². The minimum Gasteiger partial charge on any atom is -0.256 e. The highest BCUT2D eigenvalue weighted by Gasteiger charge is 2.33. The highest BCUT2D eigenvalue weighted by Crippen LogP contribution is 2.40. The molecule has 0 radical (unpaired) electrons. The molecule has 6 aromatic rings. The van der Waals surface area contributed by atoms with Crippen LogP contribution in [0.25, 0.3) is 45.0 Å². The van der Waals surface area contributed by atoms with Gasteiger partial charge in [0.25, 0.3) is 0 Å². The van der Waals surface area contributed by atoms with E-state index in [1.54, 1.807) is 85.2 Å². The lowest BCUT2D eigenvalue weighted by Crippen LogP contribution is -2.23. The largest absolute Gasteiger partial charge is 0.416 e. The number of aromatic nitrogens is 4. The van der Waals surface area contributed by atoms with Gasteiger partial charge in [0.05, 0.1) is 45.3 Å². The summed E-state index contributed by atoms with van der Waals surface area (Å²) in [5.74, 6) is 0. The van der Waals surface area contributed by atoms with Crippen LogP contribution in [0.15, 0.2) is 122 Å². The van der Waals surface area contributed by atoms with Crippen molar-refractivity contribution < 1.29 is 26.3 Å². The van der Waals surface area contributed by atoms with Gasteiger partial charge in [0.2, 0.25) is 0 Å². The molecular weight excluding hydrogens is 614 g/mol. The molecule has 0 amide bonds. The van der Waals surface area contributed by atoms with Crippen LogP contribution in [0.4, 0.5) is 26.3 Å². The Kier molecular flexibility index (Phi) is 8.13. The Bertz CT molecular complexity index is 1890. The average molecular weight is 641 g/mol. The lowest BCUT2D eigenvalue weighted by Gasteiger charge is -2.26. The Hall–Kier alpha value is -5.38. The van der Waals surface area contributed by atoms with E-state index >= 15 is 0 Å². The van der Waals surface area contributed by atoms with Crippen LogP contribution in [0.3, 0.4) is 0 Å². The Labute approximate surface area is 266 Å². The summed E-state index contributed by atoms with van der Waals surface area (Å²) in [6.07, 6.45) is -5.94. The van der Waals surface area contributed by atoms with Gasteiger partial charge >= 0.3 is 12.4 Å². The Morgan fingerprint density at radius 1 is 0.468 bits per heavy atom. The third kappa shape index (κ3) is 6.49. The van der Waals surface area contributed by atoms with Crippen LogP contribution < -0.4 is 0 Å². The molecule has 47 heavy (non-hydrogen) atoms. The van der Waals surface area contributed by atoms with Crippen LogP contribution in [0.5, 0.6) is 0 Å². The first-order valence-corrected chi connectivity index (χ1v) is 14.5. The number of rotatable bonds is 6. The third-order valence-corrected chi connectivity index (χ3v) is 7.88. The predicted molar refractivity (Wildman–Crippen MR) is 168 cm³/mol. The maximum Gasteiger partial charge on any atom is 0.416 e. The molecule has 2 aromatic carbocycles. The Morgan fingerprint density at radius 3 is 1.26 bits per heavy atom. The van der Waals surface area contributed by atoms with Gasteiger partial charge in [-0.05, 0) is 86.6 Å². The molecule has 0 aliphatic heterocycles. The molecule has 0 aliphatic rings. The lowest BCUT2D eigenvalue weighted by atomic mass is 9.83. The number of benzene rings is 2. The molecule has 0 N–H and O–H groups in total. The minimum absolute atomic E-state index is 0.251. The lowest BCUT2D eigenvalue weighted by molar-refractivity contribution is -0.138. The van der Waals surface area contributed by atoms with E-state index in [1.807, 2.05) is 13.8 Å². The predicted octanol–water partition coefficient (Wildman–Crippen LogP) is 10.3. The average Bonchev–Trinajstić information content (AvgIpc) is 3.08. The van der Waals surface area contributed by atoms with Crippen molar-refractivity contribution >= 4 is 0 Å². The van der Waals surface area contributed by atoms with Crippen LogP contribution in [-0.4, -0.2) is 19.9 Å². The topological polar surface area (TPSA) is 51.6 Å². The smallest absolute Gasteiger partial charge is 0.256 e. The molecule has 6 rings (SSSR count). The minimum atomic E-state index is -4.56. The summed E-state index contributed by atoms with van der Waals surface area (Å²) in [6, 6.07) is 27.5. The molecule has 0 saturated heterocycles. The first-order chi connectivity index (χ1) is 22.3. The number of halogens is 6. The number of hydrogen-bond acceptors (Lipinski definition) is 4. The van der Waals surface area contributed by atoms with E-state index in [1.165, 1.54) is 12.1 Å². The molecule has 236 valence electrons. The summed E-state index contributed by atoms with van der Waals surface area (Å²) >= 11 is 0. The van der Waals surface area contributed by atoms with Crippen LogP contribution in [0, 0.1) is 0 Å². The normalized spacial score (nSPS) is 12.3. The first-order valence-electron chi connectivity index (χ1n) is 14.5. The van der Waals surface area contributed by atoms with Gasteiger partial charge < -0.3 is 0 Å². The Morgan fingerprint density at radius 2 is 0.894 bits per heavy atom. The van der Waals surface area contributed by atoms with Gasteiger partial charge in [0.1, 0.15) is 0 Å². The molecule has 10 heteroatoms. The summed E-state index contributed by atoms with van der Waals surface area (Å²) in [5, 5.41) is 0. The first kappa shape index (κ1) is 31.6. The fourth-order valence-corrected chi connectivity index (χ4v) is 5.33. The van der Waals surface area contributed by atoms with Crippen molar-refractivity contribution in [3.05, 3.63) is 144 Å². The monoisotopic (exact) mass is 640 g/mol. The summed E-state index contributed by atoms with van der Waals surface area (Å²) in [4.78, 5) is 18.6. The third-order valence-electron chi connectivity index (χ3n) is 7.88. The van der Waals surface area contributed by atoms with Gasteiger partial charge in [0, 0.05) is 40.1 Å². The SMILES string of the molecule is CC(C)(c1ccc(-c2ccccn2)c(-c2cccc(C(F)(F)F)c2)n1)c1ccc(-c2ccccn2)c(-c2cccc(C(F)(F)F)c2)n1. The molecule has 0 atom stereocenters. The van der Waals surface area contributed by atoms with Crippen LogP contribution in [0.1, 0.15) is 36.4 Å². The second-order valence-electron chi connectivity index (χ2n) is 11.4. The number of alkyl halides is 6. The van der Waals surface area contributed by atoms with E-state index in [2.05, 4.69) is 9.97 Å². The molecule has 4 nitrogen and oxygen atoms in total. The molecular formula is C37H26F6N4. The fourth-order valence-electron chi connectivity index (χ4n) is 5.33. The van der Waals surface area contributed by atoms with E-state index in [0.29, 0.717) is 45.3 Å². The van der Waals surface area contributed by atoms with Gasteiger partial charge in [-0.1, -0.05) is 36.4 Å². The molecule has 0 aliphatic carbocycles. The van der Waals surface area contributed by atoms with Crippen molar-refractivity contribution in [3.63, 3.8) is 0 Å². The highest BCUT2D eigenvalue weighted by atomic mass is 19.4. The molecule has 0 bridgehead atoms. The van der Waals surface area contributed by atoms with Crippen molar-refractivity contribution in [3.8, 4) is 45.0 Å². The standard InChI is InChI=1S/C37H26F6N4/c1-35(2,31-17-15-27(29-13-3-5-19-44-29)33(46-31)23-9-7-11-25(21-23)36(38,39)40)32-18-16-28(30-14-4-6-20-45-30)34(47-32)24-10-8-12-26(22-24)37(41,42)43/h3-22H,1-2H3. The Balaban J connectivity index is 1.53. The highest BCUT2D eigenvalue weighted by molar-refractivity contribution is 5.81. The zero-order chi connectivity index (χ0) is 33.4. The maximum atomic E-state index is 13.7. The molecule has 0 fully saturated rings. The molecule has 4 aromatic heterocycles. The van der Waals surface area contributed by atoms with Crippen molar-refractivity contribution in [1.82, 2.24) is 19.9 Å². The van der Waals surface area contributed by atoms with Crippen LogP contribution in [-0.2, 0) is 17.8 Å². The number of nitrogens with zero attached hydrogens (tertiary/aromatic N) is 4. The fraction of sp³-hybridized carbons (Fsp3) is 0.135. The zero-order valence-corrected chi connectivity index (χ0v) is 25.1. The molecule has 4 heterocycles. The van der Waals surface area contributed by atoms with Gasteiger partial charge in [-0.15, -0.1) is 0 Å². The quantitative estimate of drug-likeness (QED) is 0.170. The summed E-state index contributed by atoms with van der Waals surface area (Å²) in [6.45, 7) is 3.70. The summed E-state index contributed by atoms with van der Waals surface area (Å²) in [7, 11) is 0. The summed E-state index contributed by atoms with van der Waals surface area (Å²) < 4.78 is 82.3. The van der Waals surface area contributed by atoms with Crippen molar-refractivity contribution in [2.45, 2.75) is 31.6 Å².